The average molecular weight is 321 g/mol. The first-order valence-corrected chi connectivity index (χ1v) is 8.04. The number of hydrogen-bond acceptors (Lipinski definition) is 5. The van der Waals surface area contributed by atoms with Crippen molar-refractivity contribution in [1.82, 2.24) is 15.1 Å². The van der Waals surface area contributed by atoms with Gasteiger partial charge in [-0.1, -0.05) is 0 Å². The second-order valence-electron chi connectivity index (χ2n) is 5.86. The van der Waals surface area contributed by atoms with E-state index in [2.05, 4.69) is 22.2 Å². The quantitative estimate of drug-likeness (QED) is 0.762. The second-order valence-corrected chi connectivity index (χ2v) is 5.86. The maximum absolute atomic E-state index is 12.2. The van der Waals surface area contributed by atoms with Crippen LogP contribution in [0.3, 0.4) is 0 Å². The third-order valence-electron chi connectivity index (χ3n) is 4.15. The summed E-state index contributed by atoms with van der Waals surface area (Å²) in [7, 11) is 5.30. The van der Waals surface area contributed by atoms with Crippen LogP contribution in [0.1, 0.15) is 16.8 Å². The fourth-order valence-electron chi connectivity index (χ4n) is 2.62. The summed E-state index contributed by atoms with van der Waals surface area (Å²) in [5.41, 5.74) is 0.556. The molecule has 0 spiro atoms. The SMILES string of the molecule is COc1cc(OC)cc(C(=O)NCCCN2CCN(C)CC2)c1. The second kappa shape index (κ2) is 8.74. The summed E-state index contributed by atoms with van der Waals surface area (Å²) in [4.78, 5) is 17.0. The molecule has 1 saturated heterocycles. The van der Waals surface area contributed by atoms with Crippen LogP contribution in [0, 0.1) is 0 Å². The van der Waals surface area contributed by atoms with Gasteiger partial charge in [-0.15, -0.1) is 0 Å². The molecule has 23 heavy (non-hydrogen) atoms. The lowest BCUT2D eigenvalue weighted by atomic mass is 10.2. The van der Waals surface area contributed by atoms with Gasteiger partial charge in [-0.25, -0.2) is 0 Å². The van der Waals surface area contributed by atoms with Crippen LogP contribution >= 0.6 is 0 Å². The van der Waals surface area contributed by atoms with Crippen molar-refractivity contribution in [1.29, 1.82) is 0 Å². The van der Waals surface area contributed by atoms with Gasteiger partial charge in [-0.2, -0.15) is 0 Å². The third kappa shape index (κ3) is 5.41. The Labute approximate surface area is 138 Å². The molecule has 0 aliphatic carbocycles. The molecule has 0 unspecified atom stereocenters. The maximum Gasteiger partial charge on any atom is 0.251 e. The molecule has 1 N–H and O–H groups in total. The number of hydrogen-bond donors (Lipinski definition) is 1. The molecule has 6 nitrogen and oxygen atoms in total. The zero-order chi connectivity index (χ0) is 16.7. The van der Waals surface area contributed by atoms with E-state index in [9.17, 15) is 4.79 Å². The van der Waals surface area contributed by atoms with Gasteiger partial charge >= 0.3 is 0 Å². The van der Waals surface area contributed by atoms with E-state index < -0.39 is 0 Å². The summed E-state index contributed by atoms with van der Waals surface area (Å²) in [5.74, 6) is 1.14. The highest BCUT2D eigenvalue weighted by Crippen LogP contribution is 2.22. The Morgan fingerprint density at radius 2 is 1.70 bits per heavy atom. The van der Waals surface area contributed by atoms with Crippen LogP contribution in [0.25, 0.3) is 0 Å². The smallest absolute Gasteiger partial charge is 0.251 e. The molecule has 0 bridgehead atoms. The molecule has 1 aliphatic heterocycles. The van der Waals surface area contributed by atoms with Crippen molar-refractivity contribution in [2.24, 2.45) is 0 Å². The number of methoxy groups -OCH3 is 2. The van der Waals surface area contributed by atoms with Crippen LogP contribution in [0.5, 0.6) is 11.5 Å². The molecule has 1 heterocycles. The Morgan fingerprint density at radius 1 is 1.09 bits per heavy atom. The Kier molecular flexibility index (Phi) is 6.67. The molecule has 128 valence electrons. The highest BCUT2D eigenvalue weighted by molar-refractivity contribution is 5.95. The lowest BCUT2D eigenvalue weighted by Gasteiger charge is -2.32. The van der Waals surface area contributed by atoms with Gasteiger partial charge in [-0.05, 0) is 32.1 Å². The summed E-state index contributed by atoms with van der Waals surface area (Å²) in [6, 6.07) is 5.20. The lowest BCUT2D eigenvalue weighted by molar-refractivity contribution is 0.0948. The summed E-state index contributed by atoms with van der Waals surface area (Å²) >= 11 is 0. The predicted octanol–water partition coefficient (Wildman–Crippen LogP) is 1.07. The number of nitrogens with zero attached hydrogens (tertiary/aromatic N) is 2. The van der Waals surface area contributed by atoms with Crippen molar-refractivity contribution < 1.29 is 14.3 Å². The molecule has 2 rings (SSSR count). The van der Waals surface area contributed by atoms with Crippen LogP contribution in [-0.4, -0.2) is 76.2 Å². The molecule has 0 radical (unpaired) electrons. The van der Waals surface area contributed by atoms with Crippen LogP contribution in [0.2, 0.25) is 0 Å². The fraction of sp³-hybridized carbons (Fsp3) is 0.588. The molecule has 1 aromatic rings. The van der Waals surface area contributed by atoms with Gasteiger partial charge in [0.05, 0.1) is 14.2 Å². The van der Waals surface area contributed by atoms with Gasteiger partial charge in [0.15, 0.2) is 0 Å². The Bertz CT molecular complexity index is 492. The number of piperazine rings is 1. The first-order valence-electron chi connectivity index (χ1n) is 8.04. The minimum atomic E-state index is -0.0967. The average Bonchev–Trinajstić information content (AvgIpc) is 2.59. The highest BCUT2D eigenvalue weighted by atomic mass is 16.5. The molecular weight excluding hydrogens is 294 g/mol. The Balaban J connectivity index is 1.76. The standard InChI is InChI=1S/C17H27N3O3/c1-19-7-9-20(10-8-19)6-4-5-18-17(21)14-11-15(22-2)13-16(12-14)23-3/h11-13H,4-10H2,1-3H3,(H,18,21). The Hall–Kier alpha value is -1.79. The van der Waals surface area contributed by atoms with Crippen molar-refractivity contribution in [2.75, 3.05) is 60.5 Å². The van der Waals surface area contributed by atoms with E-state index in [0.717, 1.165) is 39.1 Å². The molecule has 6 heteroatoms. The molecule has 1 fully saturated rings. The fourth-order valence-corrected chi connectivity index (χ4v) is 2.62. The normalized spacial score (nSPS) is 16.1. The van der Waals surface area contributed by atoms with Crippen molar-refractivity contribution >= 4 is 5.91 Å². The number of ether oxygens (including phenoxy) is 2. The van der Waals surface area contributed by atoms with E-state index in [1.807, 2.05) is 0 Å². The number of carbonyl (C=O) groups excluding carboxylic acids is 1. The Morgan fingerprint density at radius 3 is 2.26 bits per heavy atom. The summed E-state index contributed by atoms with van der Waals surface area (Å²) in [6.07, 6.45) is 0.955. The van der Waals surface area contributed by atoms with E-state index in [-0.39, 0.29) is 5.91 Å². The van der Waals surface area contributed by atoms with E-state index in [0.29, 0.717) is 23.6 Å². The monoisotopic (exact) mass is 321 g/mol. The molecule has 0 aromatic heterocycles. The van der Waals surface area contributed by atoms with Crippen LogP contribution in [0.15, 0.2) is 18.2 Å². The number of benzene rings is 1. The minimum absolute atomic E-state index is 0.0967. The van der Waals surface area contributed by atoms with Gasteiger partial charge in [0.25, 0.3) is 5.91 Å². The van der Waals surface area contributed by atoms with Gasteiger partial charge in [0, 0.05) is 44.4 Å². The number of carbonyl (C=O) groups is 1. The third-order valence-corrected chi connectivity index (χ3v) is 4.15. The van der Waals surface area contributed by atoms with E-state index >= 15 is 0 Å². The van der Waals surface area contributed by atoms with Gasteiger partial charge in [0.1, 0.15) is 11.5 Å². The molecule has 1 amide bonds. The molecule has 0 saturated carbocycles. The molecule has 1 aliphatic rings. The zero-order valence-corrected chi connectivity index (χ0v) is 14.3. The maximum atomic E-state index is 12.2. The number of likely N-dealkylation sites (N-methyl/N-ethyl adjacent to an activating group) is 1. The zero-order valence-electron chi connectivity index (χ0n) is 14.3. The molecule has 1 aromatic carbocycles. The van der Waals surface area contributed by atoms with E-state index in [4.69, 9.17) is 9.47 Å². The molecule has 0 atom stereocenters. The number of nitrogens with one attached hydrogen (secondary N) is 1. The molecular formula is C17H27N3O3. The van der Waals surface area contributed by atoms with Crippen molar-refractivity contribution in [3.63, 3.8) is 0 Å². The van der Waals surface area contributed by atoms with Crippen molar-refractivity contribution in [2.45, 2.75) is 6.42 Å². The predicted molar refractivity (Wildman–Crippen MR) is 90.4 cm³/mol. The van der Waals surface area contributed by atoms with Crippen LogP contribution < -0.4 is 14.8 Å². The summed E-state index contributed by atoms with van der Waals surface area (Å²) < 4.78 is 10.4. The van der Waals surface area contributed by atoms with E-state index in [1.54, 1.807) is 32.4 Å². The van der Waals surface area contributed by atoms with Crippen LogP contribution in [-0.2, 0) is 0 Å². The number of rotatable bonds is 7. The minimum Gasteiger partial charge on any atom is -0.497 e. The summed E-state index contributed by atoms with van der Waals surface area (Å²) in [6.45, 7) is 6.15. The number of amides is 1. The highest BCUT2D eigenvalue weighted by Gasteiger charge is 2.13. The first kappa shape index (κ1) is 17.6. The first-order chi connectivity index (χ1) is 11.1. The lowest BCUT2D eigenvalue weighted by Crippen LogP contribution is -2.45. The van der Waals surface area contributed by atoms with Gasteiger partial charge in [0.2, 0.25) is 0 Å². The summed E-state index contributed by atoms with van der Waals surface area (Å²) in [5, 5.41) is 2.96. The van der Waals surface area contributed by atoms with Gasteiger partial charge in [-0.3, -0.25) is 4.79 Å². The van der Waals surface area contributed by atoms with Crippen LogP contribution in [0.4, 0.5) is 0 Å². The van der Waals surface area contributed by atoms with Gasteiger partial charge < -0.3 is 24.6 Å². The largest absolute Gasteiger partial charge is 0.497 e. The van der Waals surface area contributed by atoms with Crippen molar-refractivity contribution in [3.05, 3.63) is 23.8 Å². The van der Waals surface area contributed by atoms with Crippen molar-refractivity contribution in [3.8, 4) is 11.5 Å². The topological polar surface area (TPSA) is 54.0 Å². The van der Waals surface area contributed by atoms with E-state index in [1.165, 1.54) is 0 Å².